The third kappa shape index (κ3) is 2.48. The van der Waals surface area contributed by atoms with Gasteiger partial charge in [-0.3, -0.25) is 0 Å². The van der Waals surface area contributed by atoms with Crippen molar-refractivity contribution in [2.45, 2.75) is 50.5 Å². The molecule has 0 aromatic heterocycles. The molecule has 92 valence electrons. The summed E-state index contributed by atoms with van der Waals surface area (Å²) >= 11 is 0. The van der Waals surface area contributed by atoms with Crippen molar-refractivity contribution in [1.29, 1.82) is 0 Å². The SMILES string of the molecule is O=C(NC1(CO)CCC1)N1CCCCCC1. The zero-order valence-electron chi connectivity index (χ0n) is 9.87. The first kappa shape index (κ1) is 11.7. The molecular weight excluding hydrogens is 204 g/mol. The van der Waals surface area contributed by atoms with E-state index in [4.69, 9.17) is 0 Å². The Morgan fingerprint density at radius 1 is 1.12 bits per heavy atom. The lowest BCUT2D eigenvalue weighted by atomic mass is 9.77. The summed E-state index contributed by atoms with van der Waals surface area (Å²) in [6, 6.07) is 0.0238. The number of nitrogens with one attached hydrogen (secondary N) is 1. The van der Waals surface area contributed by atoms with Crippen LogP contribution < -0.4 is 5.32 Å². The van der Waals surface area contributed by atoms with Gasteiger partial charge in [-0.25, -0.2) is 4.79 Å². The van der Waals surface area contributed by atoms with Crippen LogP contribution in [-0.4, -0.2) is 41.3 Å². The Balaban J connectivity index is 1.86. The van der Waals surface area contributed by atoms with Gasteiger partial charge in [0.15, 0.2) is 0 Å². The molecule has 16 heavy (non-hydrogen) atoms. The van der Waals surface area contributed by atoms with Crippen LogP contribution in [0.5, 0.6) is 0 Å². The summed E-state index contributed by atoms with van der Waals surface area (Å²) in [5.74, 6) is 0. The molecule has 2 aliphatic rings. The molecule has 0 radical (unpaired) electrons. The van der Waals surface area contributed by atoms with E-state index in [1.165, 1.54) is 12.8 Å². The van der Waals surface area contributed by atoms with Crippen molar-refractivity contribution in [3.63, 3.8) is 0 Å². The Morgan fingerprint density at radius 2 is 1.75 bits per heavy atom. The minimum atomic E-state index is -0.302. The van der Waals surface area contributed by atoms with E-state index < -0.39 is 0 Å². The zero-order valence-corrected chi connectivity index (χ0v) is 9.87. The molecule has 1 aliphatic carbocycles. The van der Waals surface area contributed by atoms with Gasteiger partial charge in [0.2, 0.25) is 0 Å². The minimum Gasteiger partial charge on any atom is -0.394 e. The van der Waals surface area contributed by atoms with Gasteiger partial charge in [-0.2, -0.15) is 0 Å². The molecule has 4 nitrogen and oxygen atoms in total. The van der Waals surface area contributed by atoms with Gasteiger partial charge in [0.05, 0.1) is 12.1 Å². The number of amides is 2. The Hall–Kier alpha value is -0.770. The quantitative estimate of drug-likeness (QED) is 0.749. The smallest absolute Gasteiger partial charge is 0.317 e. The number of nitrogens with zero attached hydrogens (tertiary/aromatic N) is 1. The molecule has 1 aliphatic heterocycles. The molecule has 1 saturated carbocycles. The second kappa shape index (κ2) is 5.04. The summed E-state index contributed by atoms with van der Waals surface area (Å²) in [6.07, 6.45) is 7.63. The van der Waals surface area contributed by atoms with Gasteiger partial charge < -0.3 is 15.3 Å². The van der Waals surface area contributed by atoms with E-state index in [1.54, 1.807) is 0 Å². The lowest BCUT2D eigenvalue weighted by molar-refractivity contribution is 0.0875. The summed E-state index contributed by atoms with van der Waals surface area (Å²) in [4.78, 5) is 13.9. The number of urea groups is 1. The second-order valence-corrected chi connectivity index (χ2v) is 5.12. The number of aliphatic hydroxyl groups is 1. The Labute approximate surface area is 97.0 Å². The maximum Gasteiger partial charge on any atom is 0.317 e. The van der Waals surface area contributed by atoms with E-state index in [2.05, 4.69) is 5.32 Å². The fourth-order valence-corrected chi connectivity index (χ4v) is 2.51. The highest BCUT2D eigenvalue weighted by atomic mass is 16.3. The predicted molar refractivity (Wildman–Crippen MR) is 62.2 cm³/mol. The molecule has 0 atom stereocenters. The first-order valence-electron chi connectivity index (χ1n) is 6.44. The predicted octanol–water partition coefficient (Wildman–Crippen LogP) is 1.49. The second-order valence-electron chi connectivity index (χ2n) is 5.12. The summed E-state index contributed by atoms with van der Waals surface area (Å²) in [7, 11) is 0. The van der Waals surface area contributed by atoms with Crippen molar-refractivity contribution in [2.75, 3.05) is 19.7 Å². The highest BCUT2D eigenvalue weighted by Gasteiger charge is 2.38. The van der Waals surface area contributed by atoms with Crippen LogP contribution in [0.2, 0.25) is 0 Å². The number of rotatable bonds is 2. The van der Waals surface area contributed by atoms with Crippen LogP contribution in [0.25, 0.3) is 0 Å². The van der Waals surface area contributed by atoms with Crippen molar-refractivity contribution in [1.82, 2.24) is 10.2 Å². The van der Waals surface area contributed by atoms with Crippen molar-refractivity contribution in [2.24, 2.45) is 0 Å². The van der Waals surface area contributed by atoms with E-state index in [1.807, 2.05) is 4.90 Å². The maximum atomic E-state index is 12.0. The van der Waals surface area contributed by atoms with E-state index >= 15 is 0 Å². The third-order valence-electron chi connectivity index (χ3n) is 3.88. The molecule has 2 amide bonds. The van der Waals surface area contributed by atoms with E-state index in [0.717, 1.165) is 45.2 Å². The minimum absolute atomic E-state index is 0.0238. The summed E-state index contributed by atoms with van der Waals surface area (Å²) < 4.78 is 0. The lowest BCUT2D eigenvalue weighted by Gasteiger charge is -2.42. The number of hydrogen-bond acceptors (Lipinski definition) is 2. The molecule has 0 spiro atoms. The van der Waals surface area contributed by atoms with Gasteiger partial charge in [-0.1, -0.05) is 12.8 Å². The van der Waals surface area contributed by atoms with Gasteiger partial charge in [0.25, 0.3) is 0 Å². The number of carbonyl (C=O) groups excluding carboxylic acids is 1. The highest BCUT2D eigenvalue weighted by molar-refractivity contribution is 5.75. The van der Waals surface area contributed by atoms with Gasteiger partial charge >= 0.3 is 6.03 Å². The van der Waals surface area contributed by atoms with Crippen LogP contribution in [0.3, 0.4) is 0 Å². The van der Waals surface area contributed by atoms with Gasteiger partial charge in [0, 0.05) is 13.1 Å². The Kier molecular flexibility index (Phi) is 3.69. The van der Waals surface area contributed by atoms with Crippen LogP contribution in [-0.2, 0) is 0 Å². The van der Waals surface area contributed by atoms with Crippen molar-refractivity contribution < 1.29 is 9.90 Å². The third-order valence-corrected chi connectivity index (χ3v) is 3.88. The Bertz CT molecular complexity index is 238. The summed E-state index contributed by atoms with van der Waals surface area (Å²) in [5.41, 5.74) is -0.302. The molecule has 0 aromatic rings. The van der Waals surface area contributed by atoms with Crippen LogP contribution >= 0.6 is 0 Å². The monoisotopic (exact) mass is 226 g/mol. The van der Waals surface area contributed by atoms with E-state index in [9.17, 15) is 9.90 Å². The fourth-order valence-electron chi connectivity index (χ4n) is 2.51. The topological polar surface area (TPSA) is 52.6 Å². The maximum absolute atomic E-state index is 12.0. The normalized spacial score (nSPS) is 24.4. The van der Waals surface area contributed by atoms with Gasteiger partial charge in [0.1, 0.15) is 0 Å². The average molecular weight is 226 g/mol. The first-order valence-corrected chi connectivity index (χ1v) is 6.44. The summed E-state index contributed by atoms with van der Waals surface area (Å²) in [6.45, 7) is 1.81. The fraction of sp³-hybridized carbons (Fsp3) is 0.917. The zero-order chi connectivity index (χ0) is 11.4. The number of likely N-dealkylation sites (tertiary alicyclic amines) is 1. The average Bonchev–Trinajstić information content (AvgIpc) is 2.51. The molecule has 0 aromatic carbocycles. The summed E-state index contributed by atoms with van der Waals surface area (Å²) in [5, 5.41) is 12.3. The van der Waals surface area contributed by atoms with Crippen LogP contribution in [0.15, 0.2) is 0 Å². The Morgan fingerprint density at radius 3 is 2.19 bits per heavy atom. The standard InChI is InChI=1S/C12H22N2O2/c15-10-12(6-5-7-12)13-11(16)14-8-3-1-2-4-9-14/h15H,1-10H2,(H,13,16). The molecule has 0 unspecified atom stereocenters. The molecule has 4 heteroatoms. The van der Waals surface area contributed by atoms with Crippen LogP contribution in [0, 0.1) is 0 Å². The van der Waals surface area contributed by atoms with Crippen molar-refractivity contribution >= 4 is 6.03 Å². The number of hydrogen-bond donors (Lipinski definition) is 2. The number of carbonyl (C=O) groups is 1. The van der Waals surface area contributed by atoms with Crippen LogP contribution in [0.1, 0.15) is 44.9 Å². The van der Waals surface area contributed by atoms with E-state index in [-0.39, 0.29) is 18.2 Å². The van der Waals surface area contributed by atoms with Crippen molar-refractivity contribution in [3.05, 3.63) is 0 Å². The lowest BCUT2D eigenvalue weighted by Crippen LogP contribution is -2.59. The first-order chi connectivity index (χ1) is 7.76. The van der Waals surface area contributed by atoms with Gasteiger partial charge in [-0.15, -0.1) is 0 Å². The molecule has 2 N–H and O–H groups in total. The van der Waals surface area contributed by atoms with Gasteiger partial charge in [-0.05, 0) is 32.1 Å². The molecule has 1 heterocycles. The molecule has 2 fully saturated rings. The van der Waals surface area contributed by atoms with E-state index in [0.29, 0.717) is 0 Å². The molecular formula is C12H22N2O2. The number of aliphatic hydroxyl groups excluding tert-OH is 1. The highest BCUT2D eigenvalue weighted by Crippen LogP contribution is 2.31. The van der Waals surface area contributed by atoms with Crippen LogP contribution in [0.4, 0.5) is 4.79 Å². The molecule has 0 bridgehead atoms. The molecule has 1 saturated heterocycles. The molecule has 2 rings (SSSR count). The largest absolute Gasteiger partial charge is 0.394 e. The van der Waals surface area contributed by atoms with Crippen molar-refractivity contribution in [3.8, 4) is 0 Å².